The second kappa shape index (κ2) is 4.92. The van der Waals surface area contributed by atoms with Gasteiger partial charge in [-0.15, -0.1) is 0 Å². The van der Waals surface area contributed by atoms with Crippen LogP contribution in [0.3, 0.4) is 0 Å². The van der Waals surface area contributed by atoms with Crippen LogP contribution in [0.4, 0.5) is 0 Å². The fraction of sp³-hybridized carbons (Fsp3) is 0.667. The Morgan fingerprint density at radius 1 is 1.14 bits per heavy atom. The zero-order valence-electron chi connectivity index (χ0n) is 8.86. The van der Waals surface area contributed by atoms with Crippen molar-refractivity contribution in [3.63, 3.8) is 0 Å². The summed E-state index contributed by atoms with van der Waals surface area (Å²) in [5.74, 6) is 2.34. The van der Waals surface area contributed by atoms with Gasteiger partial charge in [-0.2, -0.15) is 11.8 Å². The highest BCUT2D eigenvalue weighted by Gasteiger charge is 2.20. The van der Waals surface area contributed by atoms with Crippen molar-refractivity contribution in [3.05, 3.63) is 24.5 Å². The summed E-state index contributed by atoms with van der Waals surface area (Å²) >= 11 is 2.00. The topological polar surface area (TPSA) is 4.93 Å². The van der Waals surface area contributed by atoms with Crippen molar-refractivity contribution in [3.8, 4) is 0 Å². The first-order valence-corrected chi connectivity index (χ1v) is 6.91. The van der Waals surface area contributed by atoms with Crippen LogP contribution in [-0.2, 0) is 0 Å². The standard InChI is InChI=1S/C12H19NS/c1-14-10-11-4-6-12(7-5-11)13-8-2-3-9-13/h2-3,8-9,11-12H,4-7,10H2,1H3. The van der Waals surface area contributed by atoms with Crippen LogP contribution in [0, 0.1) is 5.92 Å². The van der Waals surface area contributed by atoms with E-state index in [9.17, 15) is 0 Å². The van der Waals surface area contributed by atoms with Crippen LogP contribution in [0.2, 0.25) is 0 Å². The predicted molar refractivity (Wildman–Crippen MR) is 63.8 cm³/mol. The lowest BCUT2D eigenvalue weighted by Crippen LogP contribution is -2.18. The van der Waals surface area contributed by atoms with Gasteiger partial charge in [-0.1, -0.05) is 0 Å². The van der Waals surface area contributed by atoms with Crippen molar-refractivity contribution < 1.29 is 0 Å². The fourth-order valence-corrected chi connectivity index (χ4v) is 3.24. The molecule has 14 heavy (non-hydrogen) atoms. The molecule has 2 heteroatoms. The molecule has 1 aromatic rings. The molecule has 0 bridgehead atoms. The first kappa shape index (κ1) is 10.2. The van der Waals surface area contributed by atoms with Gasteiger partial charge >= 0.3 is 0 Å². The summed E-state index contributed by atoms with van der Waals surface area (Å²) < 4.78 is 2.38. The number of nitrogens with zero attached hydrogens (tertiary/aromatic N) is 1. The molecule has 78 valence electrons. The highest BCUT2D eigenvalue weighted by molar-refractivity contribution is 7.98. The normalized spacial score (nSPS) is 27.8. The highest BCUT2D eigenvalue weighted by atomic mass is 32.2. The van der Waals surface area contributed by atoms with E-state index in [0.717, 1.165) is 12.0 Å². The Morgan fingerprint density at radius 3 is 2.36 bits per heavy atom. The third-order valence-corrected chi connectivity index (χ3v) is 4.07. The summed E-state index contributed by atoms with van der Waals surface area (Å²) in [6.07, 6.45) is 12.2. The fourth-order valence-electron chi connectivity index (χ4n) is 2.44. The van der Waals surface area contributed by atoms with Crippen LogP contribution < -0.4 is 0 Å². The van der Waals surface area contributed by atoms with Crippen LogP contribution in [-0.4, -0.2) is 16.6 Å². The average Bonchev–Trinajstić information content (AvgIpc) is 2.72. The Hall–Kier alpha value is -0.370. The van der Waals surface area contributed by atoms with Gasteiger partial charge in [0, 0.05) is 18.4 Å². The molecule has 1 nitrogen and oxygen atoms in total. The predicted octanol–water partition coefficient (Wildman–Crippen LogP) is 3.58. The van der Waals surface area contributed by atoms with Crippen LogP contribution in [0.15, 0.2) is 24.5 Å². The van der Waals surface area contributed by atoms with Crippen molar-refractivity contribution in [1.29, 1.82) is 0 Å². The van der Waals surface area contributed by atoms with Crippen LogP contribution in [0.1, 0.15) is 31.7 Å². The molecule has 0 unspecified atom stereocenters. The Kier molecular flexibility index (Phi) is 3.57. The molecule has 1 fully saturated rings. The highest BCUT2D eigenvalue weighted by Crippen LogP contribution is 2.33. The van der Waals surface area contributed by atoms with E-state index >= 15 is 0 Å². The first-order chi connectivity index (χ1) is 6.90. The number of hydrogen-bond donors (Lipinski definition) is 0. The van der Waals surface area contributed by atoms with Gasteiger partial charge < -0.3 is 4.57 Å². The molecule has 1 heterocycles. The lowest BCUT2D eigenvalue weighted by atomic mass is 9.87. The summed E-state index contributed by atoms with van der Waals surface area (Å²) in [4.78, 5) is 0. The van der Waals surface area contributed by atoms with Crippen molar-refractivity contribution in [2.75, 3.05) is 12.0 Å². The van der Waals surface area contributed by atoms with E-state index in [4.69, 9.17) is 0 Å². The van der Waals surface area contributed by atoms with Crippen molar-refractivity contribution in [2.45, 2.75) is 31.7 Å². The maximum Gasteiger partial charge on any atom is 0.0330 e. The second-order valence-electron chi connectivity index (χ2n) is 4.26. The van der Waals surface area contributed by atoms with E-state index in [1.54, 1.807) is 0 Å². The molecule has 0 saturated heterocycles. The van der Waals surface area contributed by atoms with E-state index in [1.807, 2.05) is 11.8 Å². The molecule has 0 radical (unpaired) electrons. The van der Waals surface area contributed by atoms with Crippen molar-refractivity contribution >= 4 is 11.8 Å². The van der Waals surface area contributed by atoms with Crippen LogP contribution in [0.25, 0.3) is 0 Å². The Bertz CT molecular complexity index is 247. The number of hydrogen-bond acceptors (Lipinski definition) is 1. The SMILES string of the molecule is CSCC1CCC(n2cccc2)CC1. The molecule has 0 amide bonds. The molecule has 0 spiro atoms. The molecule has 0 aliphatic heterocycles. The molecule has 1 aliphatic rings. The molecular formula is C12H19NS. The lowest BCUT2D eigenvalue weighted by Gasteiger charge is -2.29. The molecule has 1 aliphatic carbocycles. The lowest BCUT2D eigenvalue weighted by molar-refractivity contribution is 0.293. The Labute approximate surface area is 90.9 Å². The monoisotopic (exact) mass is 209 g/mol. The minimum atomic E-state index is 0.781. The minimum Gasteiger partial charge on any atom is -0.351 e. The van der Waals surface area contributed by atoms with E-state index in [1.165, 1.54) is 31.4 Å². The number of rotatable bonds is 3. The van der Waals surface area contributed by atoms with Gasteiger partial charge in [-0.05, 0) is 55.7 Å². The Balaban J connectivity index is 1.84. The average molecular weight is 209 g/mol. The van der Waals surface area contributed by atoms with Gasteiger partial charge in [-0.25, -0.2) is 0 Å². The smallest absolute Gasteiger partial charge is 0.0330 e. The van der Waals surface area contributed by atoms with Crippen molar-refractivity contribution in [2.24, 2.45) is 5.92 Å². The quantitative estimate of drug-likeness (QED) is 0.736. The third-order valence-electron chi connectivity index (χ3n) is 3.27. The van der Waals surface area contributed by atoms with E-state index in [2.05, 4.69) is 35.3 Å². The van der Waals surface area contributed by atoms with Crippen LogP contribution in [0.5, 0.6) is 0 Å². The zero-order valence-corrected chi connectivity index (χ0v) is 9.67. The summed E-state index contributed by atoms with van der Waals surface area (Å²) in [6, 6.07) is 5.05. The van der Waals surface area contributed by atoms with Gasteiger partial charge in [-0.3, -0.25) is 0 Å². The molecule has 0 N–H and O–H groups in total. The van der Waals surface area contributed by atoms with E-state index < -0.39 is 0 Å². The van der Waals surface area contributed by atoms with Gasteiger partial charge in [0.1, 0.15) is 0 Å². The summed E-state index contributed by atoms with van der Waals surface area (Å²) in [5, 5.41) is 0. The van der Waals surface area contributed by atoms with Gasteiger partial charge in [0.05, 0.1) is 0 Å². The largest absolute Gasteiger partial charge is 0.351 e. The summed E-state index contributed by atoms with van der Waals surface area (Å²) in [7, 11) is 0. The van der Waals surface area contributed by atoms with Crippen molar-refractivity contribution in [1.82, 2.24) is 4.57 Å². The second-order valence-corrected chi connectivity index (χ2v) is 5.17. The summed E-state index contributed by atoms with van der Waals surface area (Å²) in [5.41, 5.74) is 0. The molecule has 1 aromatic heterocycles. The van der Waals surface area contributed by atoms with Gasteiger partial charge in [0.25, 0.3) is 0 Å². The van der Waals surface area contributed by atoms with Gasteiger partial charge in [0.15, 0.2) is 0 Å². The molecule has 2 rings (SSSR count). The Morgan fingerprint density at radius 2 is 1.79 bits per heavy atom. The third kappa shape index (κ3) is 2.35. The number of aromatic nitrogens is 1. The maximum atomic E-state index is 2.38. The summed E-state index contributed by atoms with van der Waals surface area (Å²) in [6.45, 7) is 0. The molecule has 0 atom stereocenters. The van der Waals surface area contributed by atoms with E-state index in [0.29, 0.717) is 0 Å². The number of thioether (sulfide) groups is 1. The first-order valence-electron chi connectivity index (χ1n) is 5.51. The molecule has 1 saturated carbocycles. The maximum absolute atomic E-state index is 2.38. The minimum absolute atomic E-state index is 0.781. The van der Waals surface area contributed by atoms with Crippen LogP contribution >= 0.6 is 11.8 Å². The van der Waals surface area contributed by atoms with E-state index in [-0.39, 0.29) is 0 Å². The zero-order chi connectivity index (χ0) is 9.80. The molecular weight excluding hydrogens is 190 g/mol. The molecule has 0 aromatic carbocycles. The van der Waals surface area contributed by atoms with Gasteiger partial charge in [0.2, 0.25) is 0 Å².